The summed E-state index contributed by atoms with van der Waals surface area (Å²) in [5, 5.41) is 0. The first kappa shape index (κ1) is 11.9. The SMILES string of the molecule is Brc1cnc2c(c1)CCN(Cc1ccccc1)C2. The molecule has 2 heterocycles. The van der Waals surface area contributed by atoms with Gasteiger partial charge in [0.2, 0.25) is 0 Å². The van der Waals surface area contributed by atoms with E-state index in [9.17, 15) is 0 Å². The van der Waals surface area contributed by atoms with E-state index in [1.165, 1.54) is 16.8 Å². The molecule has 0 amide bonds. The molecular weight excluding hydrogens is 288 g/mol. The Morgan fingerprint density at radius 1 is 1.22 bits per heavy atom. The highest BCUT2D eigenvalue weighted by Gasteiger charge is 2.17. The maximum Gasteiger partial charge on any atom is 0.0577 e. The summed E-state index contributed by atoms with van der Waals surface area (Å²) in [7, 11) is 0. The van der Waals surface area contributed by atoms with Crippen LogP contribution in [0.2, 0.25) is 0 Å². The number of hydrogen-bond acceptors (Lipinski definition) is 2. The van der Waals surface area contributed by atoms with E-state index in [-0.39, 0.29) is 0 Å². The van der Waals surface area contributed by atoms with Crippen LogP contribution in [-0.4, -0.2) is 16.4 Å². The van der Waals surface area contributed by atoms with Crippen LogP contribution in [0.1, 0.15) is 16.8 Å². The van der Waals surface area contributed by atoms with Crippen LogP contribution in [0.5, 0.6) is 0 Å². The minimum Gasteiger partial charge on any atom is -0.293 e. The van der Waals surface area contributed by atoms with Crippen molar-refractivity contribution in [1.82, 2.24) is 9.88 Å². The number of halogens is 1. The quantitative estimate of drug-likeness (QED) is 0.845. The van der Waals surface area contributed by atoms with Crippen LogP contribution in [-0.2, 0) is 19.5 Å². The average molecular weight is 303 g/mol. The Balaban J connectivity index is 1.73. The van der Waals surface area contributed by atoms with Gasteiger partial charge < -0.3 is 0 Å². The van der Waals surface area contributed by atoms with Crippen LogP contribution in [0.15, 0.2) is 47.1 Å². The van der Waals surface area contributed by atoms with Gasteiger partial charge in [-0.1, -0.05) is 30.3 Å². The maximum absolute atomic E-state index is 4.52. The van der Waals surface area contributed by atoms with Crippen molar-refractivity contribution in [1.29, 1.82) is 0 Å². The number of hydrogen-bond donors (Lipinski definition) is 0. The van der Waals surface area contributed by atoms with Gasteiger partial charge in [-0.25, -0.2) is 0 Å². The Morgan fingerprint density at radius 2 is 2.06 bits per heavy atom. The summed E-state index contributed by atoms with van der Waals surface area (Å²) >= 11 is 3.48. The lowest BCUT2D eigenvalue weighted by Crippen LogP contribution is -2.30. The van der Waals surface area contributed by atoms with Gasteiger partial charge in [0, 0.05) is 30.3 Å². The summed E-state index contributed by atoms with van der Waals surface area (Å²) in [6.45, 7) is 3.08. The molecule has 2 aromatic rings. The molecule has 0 atom stereocenters. The lowest BCUT2D eigenvalue weighted by Gasteiger charge is -2.28. The summed E-state index contributed by atoms with van der Waals surface area (Å²) in [4.78, 5) is 6.98. The Labute approximate surface area is 116 Å². The van der Waals surface area contributed by atoms with Gasteiger partial charge in [-0.3, -0.25) is 9.88 Å². The van der Waals surface area contributed by atoms with Crippen LogP contribution in [0, 0.1) is 0 Å². The molecule has 0 unspecified atom stereocenters. The second-order valence-electron chi connectivity index (χ2n) is 4.71. The van der Waals surface area contributed by atoms with Crippen molar-refractivity contribution in [3.63, 3.8) is 0 Å². The van der Waals surface area contributed by atoms with E-state index < -0.39 is 0 Å². The first-order valence-corrected chi connectivity index (χ1v) is 7.00. The molecule has 2 nitrogen and oxygen atoms in total. The van der Waals surface area contributed by atoms with Gasteiger partial charge in [-0.2, -0.15) is 0 Å². The summed E-state index contributed by atoms with van der Waals surface area (Å²) < 4.78 is 1.08. The van der Waals surface area contributed by atoms with Gasteiger partial charge in [-0.15, -0.1) is 0 Å². The van der Waals surface area contributed by atoms with Gasteiger partial charge >= 0.3 is 0 Å². The predicted molar refractivity (Wildman–Crippen MR) is 76.2 cm³/mol. The fourth-order valence-corrected chi connectivity index (χ4v) is 2.79. The lowest BCUT2D eigenvalue weighted by molar-refractivity contribution is 0.241. The Hall–Kier alpha value is -1.19. The molecule has 0 aliphatic carbocycles. The maximum atomic E-state index is 4.52. The monoisotopic (exact) mass is 302 g/mol. The van der Waals surface area contributed by atoms with Crippen LogP contribution < -0.4 is 0 Å². The third-order valence-corrected chi connectivity index (χ3v) is 3.78. The third kappa shape index (κ3) is 2.62. The minimum absolute atomic E-state index is 0.956. The van der Waals surface area contributed by atoms with Crippen LogP contribution in [0.3, 0.4) is 0 Å². The van der Waals surface area contributed by atoms with Crippen molar-refractivity contribution in [3.05, 3.63) is 63.9 Å². The van der Waals surface area contributed by atoms with Gasteiger partial charge in [-0.05, 0) is 39.5 Å². The second-order valence-corrected chi connectivity index (χ2v) is 5.62. The number of rotatable bonds is 2. The smallest absolute Gasteiger partial charge is 0.0577 e. The second kappa shape index (κ2) is 5.21. The molecule has 0 fully saturated rings. The van der Waals surface area contributed by atoms with Crippen molar-refractivity contribution < 1.29 is 0 Å². The summed E-state index contributed by atoms with van der Waals surface area (Å²) in [5.41, 5.74) is 3.98. The van der Waals surface area contributed by atoms with E-state index in [1.54, 1.807) is 0 Å². The third-order valence-electron chi connectivity index (χ3n) is 3.35. The van der Waals surface area contributed by atoms with Crippen LogP contribution in [0.4, 0.5) is 0 Å². The number of nitrogens with zero attached hydrogens (tertiary/aromatic N) is 2. The molecule has 0 radical (unpaired) electrons. The standard InChI is InChI=1S/C15H15BrN2/c16-14-8-13-6-7-18(11-15(13)17-9-14)10-12-4-2-1-3-5-12/h1-5,8-9H,6-7,10-11H2. The van der Waals surface area contributed by atoms with E-state index in [1.807, 2.05) is 6.20 Å². The molecule has 0 N–H and O–H groups in total. The fraction of sp³-hybridized carbons (Fsp3) is 0.267. The van der Waals surface area contributed by atoms with Gasteiger partial charge in [0.1, 0.15) is 0 Å². The average Bonchev–Trinajstić information content (AvgIpc) is 2.40. The molecule has 0 saturated carbocycles. The molecule has 92 valence electrons. The molecule has 1 aliphatic rings. The molecule has 0 bridgehead atoms. The Morgan fingerprint density at radius 3 is 2.89 bits per heavy atom. The van der Waals surface area contributed by atoms with Crippen molar-refractivity contribution >= 4 is 15.9 Å². The molecule has 3 rings (SSSR count). The molecule has 1 aliphatic heterocycles. The van der Waals surface area contributed by atoms with Crippen molar-refractivity contribution in [3.8, 4) is 0 Å². The molecule has 0 spiro atoms. The highest BCUT2D eigenvalue weighted by Crippen LogP contribution is 2.21. The molecule has 1 aromatic carbocycles. The first-order chi connectivity index (χ1) is 8.81. The zero-order chi connectivity index (χ0) is 12.4. The highest BCUT2D eigenvalue weighted by atomic mass is 79.9. The fourth-order valence-electron chi connectivity index (χ4n) is 2.41. The molecule has 1 aromatic heterocycles. The Bertz CT molecular complexity index is 539. The van der Waals surface area contributed by atoms with E-state index in [2.05, 4.69) is 62.2 Å². The molecular formula is C15H15BrN2. The topological polar surface area (TPSA) is 16.1 Å². The number of fused-ring (bicyclic) bond motifs is 1. The molecule has 18 heavy (non-hydrogen) atoms. The molecule has 0 saturated heterocycles. The number of pyridine rings is 1. The lowest BCUT2D eigenvalue weighted by atomic mass is 10.0. The molecule has 3 heteroatoms. The minimum atomic E-state index is 0.956. The van der Waals surface area contributed by atoms with Gasteiger partial charge in [0.15, 0.2) is 0 Å². The summed E-state index contributed by atoms with van der Waals surface area (Å²) in [6, 6.07) is 12.8. The first-order valence-electron chi connectivity index (χ1n) is 6.21. The van der Waals surface area contributed by atoms with Crippen LogP contribution >= 0.6 is 15.9 Å². The zero-order valence-corrected chi connectivity index (χ0v) is 11.7. The van der Waals surface area contributed by atoms with Crippen LogP contribution in [0.25, 0.3) is 0 Å². The number of benzene rings is 1. The van der Waals surface area contributed by atoms with E-state index in [0.717, 1.165) is 30.5 Å². The van der Waals surface area contributed by atoms with E-state index in [4.69, 9.17) is 0 Å². The normalized spacial score (nSPS) is 15.4. The van der Waals surface area contributed by atoms with Crippen molar-refractivity contribution in [2.24, 2.45) is 0 Å². The predicted octanol–water partition coefficient (Wildman–Crippen LogP) is 3.40. The largest absolute Gasteiger partial charge is 0.293 e. The zero-order valence-electron chi connectivity index (χ0n) is 10.1. The number of aromatic nitrogens is 1. The van der Waals surface area contributed by atoms with Crippen molar-refractivity contribution in [2.45, 2.75) is 19.5 Å². The van der Waals surface area contributed by atoms with Crippen molar-refractivity contribution in [2.75, 3.05) is 6.54 Å². The highest BCUT2D eigenvalue weighted by molar-refractivity contribution is 9.10. The van der Waals surface area contributed by atoms with E-state index >= 15 is 0 Å². The van der Waals surface area contributed by atoms with Gasteiger partial charge in [0.05, 0.1) is 5.69 Å². The Kier molecular flexibility index (Phi) is 3.43. The summed E-state index contributed by atoms with van der Waals surface area (Å²) in [6.07, 6.45) is 2.99. The van der Waals surface area contributed by atoms with E-state index in [0.29, 0.717) is 0 Å². The summed E-state index contributed by atoms with van der Waals surface area (Å²) in [5.74, 6) is 0. The van der Waals surface area contributed by atoms with Gasteiger partial charge in [0.25, 0.3) is 0 Å².